The number of carbonyl (C=O) groups is 1. The fourth-order valence-corrected chi connectivity index (χ4v) is 6.11. The van der Waals surface area contributed by atoms with Gasteiger partial charge in [0.1, 0.15) is 0 Å². The van der Waals surface area contributed by atoms with Gasteiger partial charge in [-0.05, 0) is 30.5 Å². The van der Waals surface area contributed by atoms with Gasteiger partial charge < -0.3 is 0 Å². The molecule has 134 valence electrons. The molecule has 1 aliphatic rings. The number of fused-ring (bicyclic) bond motifs is 1. The van der Waals surface area contributed by atoms with Crippen LogP contribution >= 0.6 is 22.7 Å². The number of aromatic nitrogens is 1. The maximum atomic E-state index is 13.1. The number of benzene rings is 1. The number of para-hydroxylation sites is 1. The zero-order chi connectivity index (χ0) is 18.1. The van der Waals surface area contributed by atoms with E-state index >= 15 is 0 Å². The van der Waals surface area contributed by atoms with Crippen LogP contribution in [-0.2, 0) is 16.4 Å². The number of nitrogens with one attached hydrogen (secondary N) is 1. The van der Waals surface area contributed by atoms with Gasteiger partial charge in [-0.1, -0.05) is 18.2 Å². The highest BCUT2D eigenvalue weighted by Crippen LogP contribution is 2.33. The first-order valence-electron chi connectivity index (χ1n) is 7.96. The first kappa shape index (κ1) is 17.2. The Hall–Kier alpha value is -2.23. The molecule has 1 amide bonds. The topological polar surface area (TPSA) is 79.4 Å². The predicted octanol–water partition coefficient (Wildman–Crippen LogP) is 3.60. The lowest BCUT2D eigenvalue weighted by Crippen LogP contribution is -2.35. The molecule has 26 heavy (non-hydrogen) atoms. The number of carbonyl (C=O) groups excluding carboxylic acids is 1. The molecule has 1 N–H and O–H groups in total. The SMILES string of the molecule is O=C(Nc1nccs1)c1cc(S(=O)(=O)N2CCCc3ccccc32)cs1. The average molecular weight is 406 g/mol. The van der Waals surface area contributed by atoms with Crippen molar-refractivity contribution < 1.29 is 13.2 Å². The van der Waals surface area contributed by atoms with Crippen molar-refractivity contribution >= 4 is 49.4 Å². The van der Waals surface area contributed by atoms with E-state index in [0.29, 0.717) is 16.6 Å². The van der Waals surface area contributed by atoms with E-state index in [4.69, 9.17) is 0 Å². The van der Waals surface area contributed by atoms with Crippen LogP contribution in [0.3, 0.4) is 0 Å². The van der Waals surface area contributed by atoms with Crippen molar-refractivity contribution in [3.8, 4) is 0 Å². The highest BCUT2D eigenvalue weighted by Gasteiger charge is 2.30. The molecule has 6 nitrogen and oxygen atoms in total. The molecule has 2 aromatic heterocycles. The van der Waals surface area contributed by atoms with Gasteiger partial charge in [-0.3, -0.25) is 14.4 Å². The smallest absolute Gasteiger partial charge is 0.267 e. The Labute approximate surface area is 159 Å². The van der Waals surface area contributed by atoms with Gasteiger partial charge in [-0.15, -0.1) is 22.7 Å². The Kier molecular flexibility index (Phi) is 4.51. The maximum Gasteiger partial charge on any atom is 0.267 e. The number of hydrogen-bond donors (Lipinski definition) is 1. The van der Waals surface area contributed by atoms with Crippen molar-refractivity contribution in [2.75, 3.05) is 16.2 Å². The molecule has 1 aliphatic heterocycles. The number of aryl methyl sites for hydroxylation is 1. The lowest BCUT2D eigenvalue weighted by atomic mass is 10.0. The van der Waals surface area contributed by atoms with Gasteiger partial charge >= 0.3 is 0 Å². The van der Waals surface area contributed by atoms with Crippen LogP contribution in [0, 0.1) is 0 Å². The minimum Gasteiger partial charge on any atom is -0.297 e. The molecular formula is C17H15N3O3S3. The Morgan fingerprint density at radius 1 is 1.23 bits per heavy atom. The van der Waals surface area contributed by atoms with Gasteiger partial charge in [0, 0.05) is 23.5 Å². The number of rotatable bonds is 4. The van der Waals surface area contributed by atoms with E-state index in [1.165, 1.54) is 27.1 Å². The van der Waals surface area contributed by atoms with E-state index in [-0.39, 0.29) is 10.8 Å². The molecule has 4 rings (SSSR count). The van der Waals surface area contributed by atoms with Crippen LogP contribution in [0.25, 0.3) is 0 Å². The highest BCUT2D eigenvalue weighted by molar-refractivity contribution is 7.93. The molecule has 9 heteroatoms. The summed E-state index contributed by atoms with van der Waals surface area (Å²) in [6, 6.07) is 8.97. The third-order valence-corrected chi connectivity index (χ3v) is 7.67. The van der Waals surface area contributed by atoms with Crippen LogP contribution in [-0.4, -0.2) is 25.9 Å². The molecule has 0 bridgehead atoms. The summed E-state index contributed by atoms with van der Waals surface area (Å²) in [5.74, 6) is -0.356. The number of thiophene rings is 1. The summed E-state index contributed by atoms with van der Waals surface area (Å²) in [5.41, 5.74) is 1.75. The molecule has 0 fully saturated rings. The van der Waals surface area contributed by atoms with Crippen LogP contribution in [0.4, 0.5) is 10.8 Å². The molecular weight excluding hydrogens is 390 g/mol. The van der Waals surface area contributed by atoms with Gasteiger partial charge in [0.05, 0.1) is 15.5 Å². The van der Waals surface area contributed by atoms with E-state index < -0.39 is 10.0 Å². The standard InChI is InChI=1S/C17H15N3O3S3/c21-16(19-17-18-7-9-24-17)15-10-13(11-25-15)26(22,23)20-8-3-5-12-4-1-2-6-14(12)20/h1-2,4,6-7,9-11H,3,5,8H2,(H,18,19,21). The summed E-state index contributed by atoms with van der Waals surface area (Å²) in [4.78, 5) is 16.8. The zero-order valence-corrected chi connectivity index (χ0v) is 16.0. The average Bonchev–Trinajstić information content (AvgIpc) is 3.33. The molecule has 0 aliphatic carbocycles. The third kappa shape index (κ3) is 3.13. The summed E-state index contributed by atoms with van der Waals surface area (Å²) in [6.07, 6.45) is 3.24. The van der Waals surface area contributed by atoms with Crippen LogP contribution in [0.1, 0.15) is 21.7 Å². The Morgan fingerprint density at radius 3 is 2.88 bits per heavy atom. The van der Waals surface area contributed by atoms with E-state index in [1.807, 2.05) is 24.3 Å². The normalized spacial score (nSPS) is 14.1. The second-order valence-corrected chi connectivity index (χ2v) is 9.42. The second kappa shape index (κ2) is 6.82. The predicted molar refractivity (Wildman–Crippen MR) is 104 cm³/mol. The van der Waals surface area contributed by atoms with Crippen molar-refractivity contribution in [1.29, 1.82) is 0 Å². The van der Waals surface area contributed by atoms with Gasteiger partial charge in [-0.2, -0.15) is 0 Å². The molecule has 3 aromatic rings. The Morgan fingerprint density at radius 2 is 2.08 bits per heavy atom. The maximum absolute atomic E-state index is 13.1. The fourth-order valence-electron chi connectivity index (χ4n) is 2.89. The fraction of sp³-hybridized carbons (Fsp3) is 0.176. The summed E-state index contributed by atoms with van der Waals surface area (Å²) < 4.78 is 27.6. The Balaban J connectivity index is 1.62. The number of sulfonamides is 1. The lowest BCUT2D eigenvalue weighted by molar-refractivity contribution is 0.103. The zero-order valence-electron chi connectivity index (χ0n) is 13.6. The van der Waals surface area contributed by atoms with Crippen LogP contribution in [0.15, 0.2) is 52.2 Å². The largest absolute Gasteiger partial charge is 0.297 e. The second-order valence-electron chi connectivity index (χ2n) is 5.75. The quantitative estimate of drug-likeness (QED) is 0.719. The molecule has 0 atom stereocenters. The molecule has 0 saturated heterocycles. The van der Waals surface area contributed by atoms with Crippen molar-refractivity contribution in [3.63, 3.8) is 0 Å². The third-order valence-electron chi connectivity index (χ3n) is 4.11. The van der Waals surface area contributed by atoms with E-state index in [2.05, 4.69) is 10.3 Å². The van der Waals surface area contributed by atoms with Crippen LogP contribution in [0.2, 0.25) is 0 Å². The Bertz CT molecular complexity index is 1040. The van der Waals surface area contributed by atoms with Crippen LogP contribution in [0.5, 0.6) is 0 Å². The number of anilines is 2. The first-order valence-corrected chi connectivity index (χ1v) is 11.2. The first-order chi connectivity index (χ1) is 12.6. The minimum atomic E-state index is -3.70. The molecule has 0 unspecified atom stereocenters. The summed E-state index contributed by atoms with van der Waals surface area (Å²) in [7, 11) is -3.70. The minimum absolute atomic E-state index is 0.142. The van der Waals surface area contributed by atoms with Crippen molar-refractivity contribution in [2.24, 2.45) is 0 Å². The number of hydrogen-bond acceptors (Lipinski definition) is 6. The van der Waals surface area contributed by atoms with Crippen LogP contribution < -0.4 is 9.62 Å². The molecule has 0 radical (unpaired) electrons. The van der Waals surface area contributed by atoms with E-state index in [9.17, 15) is 13.2 Å². The molecule has 0 spiro atoms. The molecule has 0 saturated carbocycles. The van der Waals surface area contributed by atoms with Gasteiger partial charge in [-0.25, -0.2) is 13.4 Å². The van der Waals surface area contributed by atoms with Gasteiger partial charge in [0.2, 0.25) is 0 Å². The van der Waals surface area contributed by atoms with Gasteiger partial charge in [0.15, 0.2) is 5.13 Å². The molecule has 1 aromatic carbocycles. The van der Waals surface area contributed by atoms with E-state index in [1.54, 1.807) is 11.6 Å². The van der Waals surface area contributed by atoms with Crippen molar-refractivity contribution in [1.82, 2.24) is 4.98 Å². The van der Waals surface area contributed by atoms with Gasteiger partial charge in [0.25, 0.3) is 15.9 Å². The summed E-state index contributed by atoms with van der Waals surface area (Å²) >= 11 is 2.42. The highest BCUT2D eigenvalue weighted by atomic mass is 32.2. The monoisotopic (exact) mass is 405 g/mol. The number of amides is 1. The van der Waals surface area contributed by atoms with Crippen molar-refractivity contribution in [3.05, 3.63) is 57.7 Å². The summed E-state index contributed by atoms with van der Waals surface area (Å²) in [6.45, 7) is 0.440. The molecule has 3 heterocycles. The number of thiazole rings is 1. The lowest BCUT2D eigenvalue weighted by Gasteiger charge is -2.30. The number of nitrogens with zero attached hydrogens (tertiary/aromatic N) is 2. The van der Waals surface area contributed by atoms with E-state index in [0.717, 1.165) is 35.4 Å². The summed E-state index contributed by atoms with van der Waals surface area (Å²) in [5, 5.41) is 6.43. The van der Waals surface area contributed by atoms with Crippen molar-refractivity contribution in [2.45, 2.75) is 17.7 Å².